The van der Waals surface area contributed by atoms with Gasteiger partial charge in [-0.25, -0.2) is 4.79 Å². The van der Waals surface area contributed by atoms with Crippen LogP contribution in [0.25, 0.3) is 0 Å². The highest BCUT2D eigenvalue weighted by molar-refractivity contribution is 5.68. The quantitative estimate of drug-likeness (QED) is 0.896. The van der Waals surface area contributed by atoms with Crippen LogP contribution in [0.5, 0.6) is 0 Å². The summed E-state index contributed by atoms with van der Waals surface area (Å²) in [6.07, 6.45) is 0.300. The van der Waals surface area contributed by atoms with Gasteiger partial charge in [0.25, 0.3) is 0 Å². The summed E-state index contributed by atoms with van der Waals surface area (Å²) in [4.78, 5) is 11.9. The summed E-state index contributed by atoms with van der Waals surface area (Å²) >= 11 is 0. The van der Waals surface area contributed by atoms with E-state index in [2.05, 4.69) is 38.2 Å². The first-order valence-electron chi connectivity index (χ1n) is 7.38. The van der Waals surface area contributed by atoms with Gasteiger partial charge in [0.05, 0.1) is 0 Å². The molecule has 1 aromatic rings. The standard InChI is InChI=1S/C17H28N2O2/c1-11-7-12(2)15(13(3)8-11)9-14(10-18)19-16(20)21-17(4,5)6/h7-8,14H,9-10,18H2,1-6H3,(H,19,20). The Kier molecular flexibility index (Phi) is 5.78. The molecule has 0 aliphatic carbocycles. The lowest BCUT2D eigenvalue weighted by Gasteiger charge is -2.24. The van der Waals surface area contributed by atoms with Crippen molar-refractivity contribution in [1.29, 1.82) is 0 Å². The van der Waals surface area contributed by atoms with Crippen LogP contribution in [0.4, 0.5) is 4.79 Å². The van der Waals surface area contributed by atoms with Gasteiger partial charge < -0.3 is 15.8 Å². The van der Waals surface area contributed by atoms with Crippen molar-refractivity contribution < 1.29 is 9.53 Å². The minimum atomic E-state index is -0.501. The van der Waals surface area contributed by atoms with E-state index in [1.54, 1.807) is 0 Å². The lowest BCUT2D eigenvalue weighted by Crippen LogP contribution is -2.44. The van der Waals surface area contributed by atoms with E-state index in [1.807, 2.05) is 20.8 Å². The number of carbonyl (C=O) groups excluding carboxylic acids is 1. The molecule has 1 unspecified atom stereocenters. The minimum absolute atomic E-state index is 0.125. The largest absolute Gasteiger partial charge is 0.444 e. The zero-order valence-corrected chi connectivity index (χ0v) is 14.0. The van der Waals surface area contributed by atoms with Gasteiger partial charge in [0.1, 0.15) is 5.60 Å². The van der Waals surface area contributed by atoms with Gasteiger partial charge in [-0.15, -0.1) is 0 Å². The number of ether oxygens (including phenoxy) is 1. The van der Waals surface area contributed by atoms with Crippen LogP contribution in [0, 0.1) is 20.8 Å². The molecule has 1 atom stereocenters. The van der Waals surface area contributed by atoms with Gasteiger partial charge in [0, 0.05) is 12.6 Å². The number of rotatable bonds is 4. The molecular formula is C17H28N2O2. The van der Waals surface area contributed by atoms with E-state index in [-0.39, 0.29) is 6.04 Å². The van der Waals surface area contributed by atoms with Crippen LogP contribution < -0.4 is 11.1 Å². The van der Waals surface area contributed by atoms with Crippen molar-refractivity contribution in [3.63, 3.8) is 0 Å². The Hall–Kier alpha value is -1.55. The van der Waals surface area contributed by atoms with Gasteiger partial charge in [-0.05, 0) is 64.7 Å². The molecule has 0 aromatic heterocycles. The Balaban J connectivity index is 2.77. The molecule has 1 amide bonds. The van der Waals surface area contributed by atoms with Crippen LogP contribution in [0.15, 0.2) is 12.1 Å². The van der Waals surface area contributed by atoms with E-state index in [4.69, 9.17) is 10.5 Å². The normalized spacial score (nSPS) is 12.9. The third-order valence-electron chi connectivity index (χ3n) is 3.30. The molecule has 1 rings (SSSR count). The van der Waals surface area contributed by atoms with Crippen molar-refractivity contribution in [3.05, 3.63) is 34.4 Å². The maximum absolute atomic E-state index is 11.9. The Labute approximate surface area is 128 Å². The minimum Gasteiger partial charge on any atom is -0.444 e. The van der Waals surface area contributed by atoms with Crippen molar-refractivity contribution in [2.24, 2.45) is 5.73 Å². The molecule has 0 aliphatic heterocycles. The van der Waals surface area contributed by atoms with Gasteiger partial charge in [0.15, 0.2) is 0 Å². The Morgan fingerprint density at radius 1 is 1.24 bits per heavy atom. The van der Waals surface area contributed by atoms with Crippen LogP contribution in [-0.4, -0.2) is 24.3 Å². The van der Waals surface area contributed by atoms with Crippen LogP contribution in [-0.2, 0) is 11.2 Å². The zero-order valence-electron chi connectivity index (χ0n) is 14.0. The second-order valence-corrected chi connectivity index (χ2v) is 6.66. The average molecular weight is 292 g/mol. The van der Waals surface area contributed by atoms with Gasteiger partial charge in [-0.2, -0.15) is 0 Å². The second-order valence-electron chi connectivity index (χ2n) is 6.66. The number of hydrogen-bond acceptors (Lipinski definition) is 3. The van der Waals surface area contributed by atoms with E-state index in [9.17, 15) is 4.79 Å². The third kappa shape index (κ3) is 5.76. The highest BCUT2D eigenvalue weighted by Crippen LogP contribution is 2.18. The van der Waals surface area contributed by atoms with Gasteiger partial charge in [-0.1, -0.05) is 17.7 Å². The highest BCUT2D eigenvalue weighted by Gasteiger charge is 2.20. The molecule has 0 spiro atoms. The van der Waals surface area contributed by atoms with Crippen LogP contribution in [0.3, 0.4) is 0 Å². The number of nitrogens with one attached hydrogen (secondary N) is 1. The number of nitrogens with two attached hydrogens (primary N) is 1. The van der Waals surface area contributed by atoms with E-state index in [0.29, 0.717) is 13.0 Å². The number of hydrogen-bond donors (Lipinski definition) is 2. The molecule has 21 heavy (non-hydrogen) atoms. The molecular weight excluding hydrogens is 264 g/mol. The lowest BCUT2D eigenvalue weighted by atomic mass is 9.94. The van der Waals surface area contributed by atoms with Crippen molar-refractivity contribution in [1.82, 2.24) is 5.32 Å². The second kappa shape index (κ2) is 6.94. The highest BCUT2D eigenvalue weighted by atomic mass is 16.6. The first-order chi connectivity index (χ1) is 9.62. The molecule has 1 aromatic carbocycles. The molecule has 0 heterocycles. The summed E-state index contributed by atoms with van der Waals surface area (Å²) in [6, 6.07) is 4.19. The van der Waals surface area contributed by atoms with E-state index < -0.39 is 11.7 Å². The van der Waals surface area contributed by atoms with E-state index >= 15 is 0 Å². The summed E-state index contributed by atoms with van der Waals surface area (Å²) in [7, 11) is 0. The molecule has 3 N–H and O–H groups in total. The van der Waals surface area contributed by atoms with Gasteiger partial charge in [0.2, 0.25) is 0 Å². The molecule has 118 valence electrons. The van der Waals surface area contributed by atoms with E-state index in [1.165, 1.54) is 22.3 Å². The number of benzene rings is 1. The summed E-state index contributed by atoms with van der Waals surface area (Å²) in [6.45, 7) is 12.2. The fourth-order valence-electron chi connectivity index (χ4n) is 2.45. The first kappa shape index (κ1) is 17.5. The summed E-state index contributed by atoms with van der Waals surface area (Å²) in [5, 5.41) is 2.85. The van der Waals surface area contributed by atoms with Crippen LogP contribution >= 0.6 is 0 Å². The number of carbonyl (C=O) groups is 1. The molecule has 4 nitrogen and oxygen atoms in total. The number of amides is 1. The summed E-state index contributed by atoms with van der Waals surface area (Å²) < 4.78 is 5.28. The molecule has 0 radical (unpaired) electrons. The number of alkyl carbamates (subject to hydrolysis) is 1. The van der Waals surface area contributed by atoms with Crippen LogP contribution in [0.1, 0.15) is 43.0 Å². The smallest absolute Gasteiger partial charge is 0.407 e. The molecule has 4 heteroatoms. The predicted octanol–water partition coefficient (Wildman–Crippen LogP) is 3.01. The Morgan fingerprint density at radius 2 is 1.76 bits per heavy atom. The molecule has 0 saturated heterocycles. The maximum Gasteiger partial charge on any atom is 0.407 e. The summed E-state index contributed by atoms with van der Waals surface area (Å²) in [5.74, 6) is 0. The molecule has 0 saturated carbocycles. The van der Waals surface area contributed by atoms with Gasteiger partial charge in [-0.3, -0.25) is 0 Å². The topological polar surface area (TPSA) is 64.3 Å². The lowest BCUT2D eigenvalue weighted by molar-refractivity contribution is 0.0506. The Bertz CT molecular complexity index is 481. The van der Waals surface area contributed by atoms with Gasteiger partial charge >= 0.3 is 6.09 Å². The monoisotopic (exact) mass is 292 g/mol. The molecule has 0 aliphatic rings. The first-order valence-corrected chi connectivity index (χ1v) is 7.38. The van der Waals surface area contributed by atoms with Crippen molar-refractivity contribution in [2.75, 3.05) is 6.54 Å². The Morgan fingerprint density at radius 3 is 2.19 bits per heavy atom. The zero-order chi connectivity index (χ0) is 16.2. The molecule has 0 fully saturated rings. The van der Waals surface area contributed by atoms with E-state index in [0.717, 1.165) is 0 Å². The third-order valence-corrected chi connectivity index (χ3v) is 3.30. The average Bonchev–Trinajstić information content (AvgIpc) is 2.29. The number of aryl methyl sites for hydroxylation is 3. The van der Waals surface area contributed by atoms with Crippen molar-refractivity contribution in [2.45, 2.75) is 59.6 Å². The van der Waals surface area contributed by atoms with Crippen LogP contribution in [0.2, 0.25) is 0 Å². The fourth-order valence-corrected chi connectivity index (χ4v) is 2.45. The SMILES string of the molecule is Cc1cc(C)c(CC(CN)NC(=O)OC(C)(C)C)c(C)c1. The van der Waals surface area contributed by atoms with Crippen molar-refractivity contribution >= 4 is 6.09 Å². The molecule has 0 bridgehead atoms. The summed E-state index contributed by atoms with van der Waals surface area (Å²) in [5.41, 5.74) is 10.2. The maximum atomic E-state index is 11.9. The van der Waals surface area contributed by atoms with Crippen molar-refractivity contribution in [3.8, 4) is 0 Å². The predicted molar refractivity (Wildman–Crippen MR) is 86.6 cm³/mol. The fraction of sp³-hybridized carbons (Fsp3) is 0.588.